The molecule has 0 radical (unpaired) electrons. The normalized spacial score (nSPS) is 13.9. The average molecular weight is 217 g/mol. The molecule has 1 rings (SSSR count). The third-order valence-electron chi connectivity index (χ3n) is 1.92. The SMILES string of the molecule is CNC(CS(=O)(=O)F)c1ccccc1. The molecule has 0 amide bonds. The predicted molar refractivity (Wildman–Crippen MR) is 53.1 cm³/mol. The van der Waals surface area contributed by atoms with Crippen molar-refractivity contribution in [3.63, 3.8) is 0 Å². The Hall–Kier alpha value is -0.940. The van der Waals surface area contributed by atoms with Gasteiger partial charge in [0.05, 0.1) is 5.75 Å². The molecule has 14 heavy (non-hydrogen) atoms. The Morgan fingerprint density at radius 1 is 1.36 bits per heavy atom. The molecule has 1 aromatic rings. The minimum atomic E-state index is -4.45. The third kappa shape index (κ3) is 3.43. The molecule has 0 spiro atoms. The first-order valence-corrected chi connectivity index (χ1v) is 5.73. The van der Waals surface area contributed by atoms with Crippen molar-refractivity contribution in [1.82, 2.24) is 5.32 Å². The Balaban J connectivity index is 2.84. The topological polar surface area (TPSA) is 46.2 Å². The molecule has 0 heterocycles. The Bertz CT molecular complexity index is 377. The van der Waals surface area contributed by atoms with Gasteiger partial charge in [0.25, 0.3) is 0 Å². The van der Waals surface area contributed by atoms with Gasteiger partial charge in [-0.15, -0.1) is 3.89 Å². The number of hydrogen-bond acceptors (Lipinski definition) is 3. The zero-order valence-corrected chi connectivity index (χ0v) is 8.59. The van der Waals surface area contributed by atoms with Crippen LogP contribution >= 0.6 is 0 Å². The van der Waals surface area contributed by atoms with E-state index in [1.54, 1.807) is 31.3 Å². The maximum atomic E-state index is 12.4. The molecule has 1 atom stereocenters. The summed E-state index contributed by atoms with van der Waals surface area (Å²) >= 11 is 0. The van der Waals surface area contributed by atoms with Gasteiger partial charge in [0.15, 0.2) is 0 Å². The molecule has 0 aliphatic carbocycles. The molecule has 3 nitrogen and oxygen atoms in total. The van der Waals surface area contributed by atoms with Crippen molar-refractivity contribution >= 4 is 10.2 Å². The van der Waals surface area contributed by atoms with E-state index in [0.29, 0.717) is 0 Å². The lowest BCUT2D eigenvalue weighted by Gasteiger charge is -2.13. The van der Waals surface area contributed by atoms with E-state index >= 15 is 0 Å². The summed E-state index contributed by atoms with van der Waals surface area (Å²) in [7, 11) is -2.85. The highest BCUT2D eigenvalue weighted by Gasteiger charge is 2.17. The summed E-state index contributed by atoms with van der Waals surface area (Å²) in [5, 5.41) is 2.76. The van der Waals surface area contributed by atoms with Gasteiger partial charge in [0.2, 0.25) is 0 Å². The molecule has 5 heteroatoms. The lowest BCUT2D eigenvalue weighted by molar-refractivity contribution is 0.534. The van der Waals surface area contributed by atoms with Gasteiger partial charge in [-0.1, -0.05) is 30.3 Å². The van der Waals surface area contributed by atoms with Crippen molar-refractivity contribution in [3.8, 4) is 0 Å². The fourth-order valence-electron chi connectivity index (χ4n) is 1.23. The quantitative estimate of drug-likeness (QED) is 0.772. The standard InChI is InChI=1S/C9H12FNO2S/c1-11-9(7-14(10,12)13)8-5-3-2-4-6-8/h2-6,9,11H,7H2,1H3. The highest BCUT2D eigenvalue weighted by atomic mass is 32.3. The van der Waals surface area contributed by atoms with Gasteiger partial charge in [0.1, 0.15) is 0 Å². The monoisotopic (exact) mass is 217 g/mol. The van der Waals surface area contributed by atoms with Crippen LogP contribution in [-0.2, 0) is 10.2 Å². The molecule has 0 saturated carbocycles. The maximum absolute atomic E-state index is 12.4. The molecule has 1 aromatic carbocycles. The Labute approximate surface area is 83.2 Å². The summed E-state index contributed by atoms with van der Waals surface area (Å²) in [5.74, 6) is -0.534. The lowest BCUT2D eigenvalue weighted by Crippen LogP contribution is -2.23. The van der Waals surface area contributed by atoms with E-state index in [9.17, 15) is 12.3 Å². The first kappa shape index (κ1) is 11.1. The Morgan fingerprint density at radius 3 is 2.36 bits per heavy atom. The minimum absolute atomic E-state index is 0.494. The van der Waals surface area contributed by atoms with Crippen LogP contribution in [0.15, 0.2) is 30.3 Å². The van der Waals surface area contributed by atoms with Crippen LogP contribution in [0.4, 0.5) is 3.89 Å². The summed E-state index contributed by atoms with van der Waals surface area (Å²) in [4.78, 5) is 0. The third-order valence-corrected chi connectivity index (χ3v) is 2.65. The largest absolute Gasteiger partial charge is 0.312 e. The number of nitrogens with one attached hydrogen (secondary N) is 1. The molecule has 1 N–H and O–H groups in total. The van der Waals surface area contributed by atoms with Crippen molar-refractivity contribution in [2.24, 2.45) is 0 Å². The van der Waals surface area contributed by atoms with Gasteiger partial charge in [-0.3, -0.25) is 0 Å². The summed E-state index contributed by atoms with van der Waals surface area (Å²) in [5.41, 5.74) is 0.760. The van der Waals surface area contributed by atoms with Crippen LogP contribution in [-0.4, -0.2) is 21.2 Å². The summed E-state index contributed by atoms with van der Waals surface area (Å²) in [6.45, 7) is 0. The second-order valence-corrected chi connectivity index (χ2v) is 4.37. The zero-order valence-electron chi connectivity index (χ0n) is 7.77. The average Bonchev–Trinajstić information content (AvgIpc) is 2.14. The summed E-state index contributed by atoms with van der Waals surface area (Å²) in [6.07, 6.45) is 0. The number of hydrogen-bond donors (Lipinski definition) is 1. The van der Waals surface area contributed by atoms with Crippen LogP contribution in [0.3, 0.4) is 0 Å². The minimum Gasteiger partial charge on any atom is -0.312 e. The molecule has 0 aliphatic rings. The van der Waals surface area contributed by atoms with E-state index in [1.807, 2.05) is 6.07 Å². The zero-order chi connectivity index (χ0) is 10.6. The molecular formula is C9H12FNO2S. The van der Waals surface area contributed by atoms with Crippen molar-refractivity contribution in [2.75, 3.05) is 12.8 Å². The first-order valence-electron chi connectivity index (χ1n) is 4.17. The van der Waals surface area contributed by atoms with Gasteiger partial charge >= 0.3 is 10.2 Å². The van der Waals surface area contributed by atoms with Crippen LogP contribution in [0.2, 0.25) is 0 Å². The first-order chi connectivity index (χ1) is 6.53. The maximum Gasteiger partial charge on any atom is 0.304 e. The summed E-state index contributed by atoms with van der Waals surface area (Å²) in [6, 6.07) is 8.40. The van der Waals surface area contributed by atoms with Gasteiger partial charge in [-0.05, 0) is 12.6 Å². The van der Waals surface area contributed by atoms with Gasteiger partial charge in [0, 0.05) is 6.04 Å². The molecule has 0 bridgehead atoms. The Kier molecular flexibility index (Phi) is 3.60. The van der Waals surface area contributed by atoms with Crippen LogP contribution < -0.4 is 5.32 Å². The van der Waals surface area contributed by atoms with Gasteiger partial charge in [-0.25, -0.2) is 0 Å². The molecular weight excluding hydrogens is 205 g/mol. The molecule has 0 fully saturated rings. The van der Waals surface area contributed by atoms with Crippen molar-refractivity contribution < 1.29 is 12.3 Å². The smallest absolute Gasteiger partial charge is 0.304 e. The number of rotatable bonds is 4. The predicted octanol–water partition coefficient (Wildman–Crippen LogP) is 1.25. The van der Waals surface area contributed by atoms with Crippen molar-refractivity contribution in [1.29, 1.82) is 0 Å². The highest BCUT2D eigenvalue weighted by Crippen LogP contribution is 2.14. The number of halogens is 1. The Morgan fingerprint density at radius 2 is 1.93 bits per heavy atom. The van der Waals surface area contributed by atoms with Crippen LogP contribution in [0, 0.1) is 0 Å². The van der Waals surface area contributed by atoms with E-state index in [-0.39, 0.29) is 0 Å². The number of benzene rings is 1. The lowest BCUT2D eigenvalue weighted by atomic mass is 10.1. The molecule has 0 aliphatic heterocycles. The van der Waals surface area contributed by atoms with E-state index in [4.69, 9.17) is 0 Å². The van der Waals surface area contributed by atoms with E-state index in [0.717, 1.165) is 5.56 Å². The molecule has 0 saturated heterocycles. The van der Waals surface area contributed by atoms with Crippen molar-refractivity contribution in [2.45, 2.75) is 6.04 Å². The second-order valence-electron chi connectivity index (χ2n) is 2.96. The van der Waals surface area contributed by atoms with E-state index in [1.165, 1.54) is 0 Å². The summed E-state index contributed by atoms with van der Waals surface area (Å²) < 4.78 is 33.4. The fraction of sp³-hybridized carbons (Fsp3) is 0.333. The molecule has 1 unspecified atom stereocenters. The van der Waals surface area contributed by atoms with Gasteiger partial charge < -0.3 is 5.32 Å². The molecule has 0 aromatic heterocycles. The molecule has 78 valence electrons. The second kappa shape index (κ2) is 4.52. The van der Waals surface area contributed by atoms with Crippen molar-refractivity contribution in [3.05, 3.63) is 35.9 Å². The van der Waals surface area contributed by atoms with Crippen LogP contribution in [0.5, 0.6) is 0 Å². The fourth-order valence-corrected chi connectivity index (χ4v) is 1.99. The van der Waals surface area contributed by atoms with Gasteiger partial charge in [-0.2, -0.15) is 8.42 Å². The van der Waals surface area contributed by atoms with Crippen LogP contribution in [0.1, 0.15) is 11.6 Å². The van der Waals surface area contributed by atoms with Crippen LogP contribution in [0.25, 0.3) is 0 Å². The highest BCUT2D eigenvalue weighted by molar-refractivity contribution is 7.86. The van der Waals surface area contributed by atoms with E-state index < -0.39 is 22.0 Å². The van der Waals surface area contributed by atoms with E-state index in [2.05, 4.69) is 5.32 Å².